The monoisotopic (exact) mass is 417 g/mol. The first-order chi connectivity index (χ1) is 15.2. The Morgan fingerprint density at radius 3 is 2.65 bits per heavy atom. The Balaban J connectivity index is 1.68. The summed E-state index contributed by atoms with van der Waals surface area (Å²) in [4.78, 5) is 16.6. The van der Waals surface area contributed by atoms with Crippen LogP contribution < -0.4 is 4.74 Å². The van der Waals surface area contributed by atoms with E-state index in [1.54, 1.807) is 25.3 Å². The van der Waals surface area contributed by atoms with Gasteiger partial charge in [-0.25, -0.2) is 14.2 Å². The molecule has 0 N–H and O–H groups in total. The molecule has 0 aliphatic heterocycles. The summed E-state index contributed by atoms with van der Waals surface area (Å²) in [6.45, 7) is 2.34. The molecule has 0 saturated heterocycles. The van der Waals surface area contributed by atoms with Crippen molar-refractivity contribution in [1.29, 1.82) is 0 Å². The molecule has 4 rings (SSSR count). The van der Waals surface area contributed by atoms with Crippen LogP contribution in [0.15, 0.2) is 66.9 Å². The van der Waals surface area contributed by atoms with E-state index in [1.807, 2.05) is 42.5 Å². The minimum atomic E-state index is -0.643. The molecule has 3 aromatic rings. The fourth-order valence-corrected chi connectivity index (χ4v) is 3.90. The van der Waals surface area contributed by atoms with Gasteiger partial charge in [0.15, 0.2) is 0 Å². The Labute approximate surface area is 181 Å². The maximum Gasteiger partial charge on any atom is 0.341 e. The molecule has 31 heavy (non-hydrogen) atoms. The van der Waals surface area contributed by atoms with E-state index >= 15 is 0 Å². The predicted octanol–water partition coefficient (Wildman–Crippen LogP) is 6.07. The van der Waals surface area contributed by atoms with E-state index in [4.69, 9.17) is 9.47 Å². The summed E-state index contributed by atoms with van der Waals surface area (Å²) in [6.07, 6.45) is 4.41. The van der Waals surface area contributed by atoms with Gasteiger partial charge >= 0.3 is 5.97 Å². The number of carbonyl (C=O) groups excluding carboxylic acids is 1. The van der Waals surface area contributed by atoms with E-state index in [1.165, 1.54) is 6.07 Å². The molecule has 0 spiro atoms. The second-order valence-corrected chi connectivity index (χ2v) is 7.36. The molecule has 0 fully saturated rings. The van der Waals surface area contributed by atoms with E-state index in [2.05, 4.69) is 4.98 Å². The average molecular weight is 417 g/mol. The predicted molar refractivity (Wildman–Crippen MR) is 118 cm³/mol. The summed E-state index contributed by atoms with van der Waals surface area (Å²) in [7, 11) is 0. The first-order valence-corrected chi connectivity index (χ1v) is 10.5. The van der Waals surface area contributed by atoms with Crippen molar-refractivity contribution in [2.75, 3.05) is 6.61 Å². The van der Waals surface area contributed by atoms with Gasteiger partial charge in [-0.1, -0.05) is 36.4 Å². The SMILES string of the molecule is CCOC(=O)c1cc(C2=C(c3cccnc3OCc3ccccc3)CCC2)ccc1F. The number of halogens is 1. The van der Waals surface area contributed by atoms with Crippen molar-refractivity contribution in [1.82, 2.24) is 4.98 Å². The zero-order valence-corrected chi connectivity index (χ0v) is 17.4. The normalized spacial score (nSPS) is 13.4. The van der Waals surface area contributed by atoms with Gasteiger partial charge in [0.2, 0.25) is 5.88 Å². The van der Waals surface area contributed by atoms with Crippen LogP contribution in [0.5, 0.6) is 5.88 Å². The van der Waals surface area contributed by atoms with Crippen LogP contribution in [0.2, 0.25) is 0 Å². The molecule has 0 atom stereocenters. The number of rotatable bonds is 7. The fourth-order valence-electron chi connectivity index (χ4n) is 3.90. The van der Waals surface area contributed by atoms with Gasteiger partial charge in [-0.15, -0.1) is 0 Å². The summed E-state index contributed by atoms with van der Waals surface area (Å²) in [5.41, 5.74) is 5.01. The fraction of sp³-hybridized carbons (Fsp3) is 0.231. The number of hydrogen-bond acceptors (Lipinski definition) is 4. The van der Waals surface area contributed by atoms with E-state index in [9.17, 15) is 9.18 Å². The molecule has 0 bridgehead atoms. The Morgan fingerprint density at radius 2 is 1.84 bits per heavy atom. The topological polar surface area (TPSA) is 48.4 Å². The average Bonchev–Trinajstić information content (AvgIpc) is 3.29. The van der Waals surface area contributed by atoms with Crippen molar-refractivity contribution >= 4 is 17.1 Å². The lowest BCUT2D eigenvalue weighted by atomic mass is 9.96. The van der Waals surface area contributed by atoms with Crippen LogP contribution in [-0.2, 0) is 11.3 Å². The van der Waals surface area contributed by atoms with Gasteiger partial charge in [0.05, 0.1) is 12.2 Å². The second kappa shape index (κ2) is 9.56. The summed E-state index contributed by atoms with van der Waals surface area (Å²) < 4.78 is 25.3. The molecular weight excluding hydrogens is 393 g/mol. The number of ether oxygens (including phenoxy) is 2. The third kappa shape index (κ3) is 4.66. The van der Waals surface area contributed by atoms with Gasteiger partial charge in [-0.2, -0.15) is 0 Å². The highest BCUT2D eigenvalue weighted by Gasteiger charge is 2.23. The molecule has 1 aliphatic carbocycles. The van der Waals surface area contributed by atoms with Gasteiger partial charge in [-0.3, -0.25) is 0 Å². The van der Waals surface area contributed by atoms with Crippen LogP contribution in [0, 0.1) is 5.82 Å². The molecule has 0 amide bonds. The van der Waals surface area contributed by atoms with Crippen molar-refractivity contribution < 1.29 is 18.7 Å². The minimum absolute atomic E-state index is 0.0372. The van der Waals surface area contributed by atoms with E-state index in [0.717, 1.165) is 47.1 Å². The molecule has 5 heteroatoms. The number of nitrogens with zero attached hydrogens (tertiary/aromatic N) is 1. The van der Waals surface area contributed by atoms with Crippen molar-refractivity contribution in [2.45, 2.75) is 32.8 Å². The van der Waals surface area contributed by atoms with E-state index in [0.29, 0.717) is 12.5 Å². The molecule has 1 aliphatic rings. The molecule has 158 valence electrons. The molecule has 4 nitrogen and oxygen atoms in total. The third-order valence-electron chi connectivity index (χ3n) is 5.34. The zero-order chi connectivity index (χ0) is 21.6. The van der Waals surface area contributed by atoms with Gasteiger partial charge in [0.1, 0.15) is 12.4 Å². The second-order valence-electron chi connectivity index (χ2n) is 7.36. The smallest absolute Gasteiger partial charge is 0.341 e. The lowest BCUT2D eigenvalue weighted by molar-refractivity contribution is 0.0521. The lowest BCUT2D eigenvalue weighted by Gasteiger charge is -2.14. The first kappa shape index (κ1) is 20.8. The molecule has 0 saturated carbocycles. The van der Waals surface area contributed by atoms with Crippen molar-refractivity contribution in [3.63, 3.8) is 0 Å². The highest BCUT2D eigenvalue weighted by Crippen LogP contribution is 2.42. The summed E-state index contributed by atoms with van der Waals surface area (Å²) in [6, 6.07) is 18.5. The summed E-state index contributed by atoms with van der Waals surface area (Å²) in [5, 5.41) is 0. The number of hydrogen-bond donors (Lipinski definition) is 0. The minimum Gasteiger partial charge on any atom is -0.472 e. The first-order valence-electron chi connectivity index (χ1n) is 10.5. The van der Waals surface area contributed by atoms with Crippen molar-refractivity contribution in [3.05, 3.63) is 94.9 Å². The molecule has 0 radical (unpaired) electrons. The molecule has 0 unspecified atom stereocenters. The van der Waals surface area contributed by atoms with Crippen molar-refractivity contribution in [3.8, 4) is 5.88 Å². The molecule has 2 aromatic carbocycles. The number of aromatic nitrogens is 1. The van der Waals surface area contributed by atoms with Crippen LogP contribution >= 0.6 is 0 Å². The summed E-state index contributed by atoms with van der Waals surface area (Å²) >= 11 is 0. The maximum atomic E-state index is 14.2. The zero-order valence-electron chi connectivity index (χ0n) is 17.4. The highest BCUT2D eigenvalue weighted by atomic mass is 19.1. The van der Waals surface area contributed by atoms with Gasteiger partial charge in [0, 0.05) is 11.8 Å². The van der Waals surface area contributed by atoms with E-state index in [-0.39, 0.29) is 12.2 Å². The number of allylic oxidation sites excluding steroid dienone is 2. The maximum absolute atomic E-state index is 14.2. The Morgan fingerprint density at radius 1 is 1.03 bits per heavy atom. The highest BCUT2D eigenvalue weighted by molar-refractivity contribution is 5.96. The van der Waals surface area contributed by atoms with Crippen LogP contribution in [0.1, 0.15) is 53.2 Å². The number of pyridine rings is 1. The Hall–Kier alpha value is -3.47. The number of carbonyl (C=O) groups is 1. The summed E-state index contributed by atoms with van der Waals surface area (Å²) in [5.74, 6) is -0.639. The van der Waals surface area contributed by atoms with Gasteiger partial charge in [0.25, 0.3) is 0 Å². The van der Waals surface area contributed by atoms with Crippen molar-refractivity contribution in [2.24, 2.45) is 0 Å². The van der Waals surface area contributed by atoms with Crippen LogP contribution in [0.3, 0.4) is 0 Å². The molecular formula is C26H24FNO3. The largest absolute Gasteiger partial charge is 0.472 e. The Kier molecular flexibility index (Phi) is 6.41. The lowest BCUT2D eigenvalue weighted by Crippen LogP contribution is -2.08. The molecule has 1 heterocycles. The quantitative estimate of drug-likeness (QED) is 0.438. The molecule has 1 aromatic heterocycles. The standard InChI is InChI=1S/C26H24FNO3/c1-2-30-26(29)23-16-19(13-14-24(23)27)20-10-6-11-21(20)22-12-7-15-28-25(22)31-17-18-8-4-3-5-9-18/h3-5,7-9,12-16H,2,6,10-11,17H2,1H3. The van der Waals surface area contributed by atoms with Crippen LogP contribution in [-0.4, -0.2) is 17.6 Å². The number of benzene rings is 2. The third-order valence-corrected chi connectivity index (χ3v) is 5.34. The Bertz CT molecular complexity index is 1110. The van der Waals surface area contributed by atoms with Crippen LogP contribution in [0.25, 0.3) is 11.1 Å². The van der Waals surface area contributed by atoms with Crippen LogP contribution in [0.4, 0.5) is 4.39 Å². The van der Waals surface area contributed by atoms with E-state index < -0.39 is 11.8 Å². The van der Waals surface area contributed by atoms with Gasteiger partial charge in [-0.05, 0) is 72.7 Å². The number of esters is 1. The van der Waals surface area contributed by atoms with Gasteiger partial charge < -0.3 is 9.47 Å².